The van der Waals surface area contributed by atoms with Crippen molar-refractivity contribution in [2.24, 2.45) is 5.73 Å². The van der Waals surface area contributed by atoms with Crippen LogP contribution < -0.4 is 10.6 Å². The Morgan fingerprint density at radius 2 is 2.31 bits per heavy atom. The van der Waals surface area contributed by atoms with Gasteiger partial charge in [0.2, 0.25) is 5.95 Å². The molecule has 1 aliphatic heterocycles. The minimum atomic E-state index is 0.601. The number of aromatic nitrogens is 2. The quantitative estimate of drug-likeness (QED) is 0.797. The summed E-state index contributed by atoms with van der Waals surface area (Å²) in [6.07, 6.45) is 4.35. The predicted molar refractivity (Wildman–Crippen MR) is 59.9 cm³/mol. The monoisotopic (exact) mass is 220 g/mol. The van der Waals surface area contributed by atoms with E-state index in [-0.39, 0.29) is 0 Å². The van der Waals surface area contributed by atoms with Crippen LogP contribution in [0.3, 0.4) is 0 Å². The summed E-state index contributed by atoms with van der Waals surface area (Å²) in [4.78, 5) is 11.2. The molecule has 3 rings (SSSR count). The molecule has 1 fully saturated rings. The molecular weight excluding hydrogens is 204 g/mol. The van der Waals surface area contributed by atoms with Crippen LogP contribution in [0.4, 0.5) is 5.95 Å². The first-order chi connectivity index (χ1) is 7.88. The summed E-state index contributed by atoms with van der Waals surface area (Å²) < 4.78 is 5.34. The molecule has 0 saturated heterocycles. The molecular formula is C11H16N4O. The number of nitrogens with zero attached hydrogens (tertiary/aromatic N) is 3. The second kappa shape index (κ2) is 3.99. The third-order valence-corrected chi connectivity index (χ3v) is 3.05. The minimum Gasteiger partial charge on any atom is -0.370 e. The maximum atomic E-state index is 5.62. The Balaban J connectivity index is 1.86. The maximum Gasteiger partial charge on any atom is 0.225 e. The second-order valence-electron chi connectivity index (χ2n) is 4.35. The second-order valence-corrected chi connectivity index (χ2v) is 4.35. The number of ether oxygens (including phenoxy) is 1. The molecule has 2 aliphatic rings. The average molecular weight is 220 g/mol. The zero-order chi connectivity index (χ0) is 11.0. The number of fused-ring (bicyclic) bond motifs is 1. The Bertz CT molecular complexity index is 392. The van der Waals surface area contributed by atoms with Crippen LogP contribution in [-0.2, 0) is 18.0 Å². The Morgan fingerprint density at radius 3 is 3.06 bits per heavy atom. The van der Waals surface area contributed by atoms with Crippen molar-refractivity contribution in [1.29, 1.82) is 0 Å². The van der Waals surface area contributed by atoms with E-state index in [1.165, 1.54) is 12.8 Å². The van der Waals surface area contributed by atoms with Crippen LogP contribution in [-0.4, -0.2) is 29.1 Å². The summed E-state index contributed by atoms with van der Waals surface area (Å²) in [5.74, 6) is 0.817. The maximum absolute atomic E-state index is 5.62. The van der Waals surface area contributed by atoms with Gasteiger partial charge in [-0.3, -0.25) is 0 Å². The van der Waals surface area contributed by atoms with Gasteiger partial charge in [0, 0.05) is 30.9 Å². The zero-order valence-electron chi connectivity index (χ0n) is 9.22. The molecule has 0 spiro atoms. The first kappa shape index (κ1) is 9.99. The molecule has 5 nitrogen and oxygen atoms in total. The van der Waals surface area contributed by atoms with Crippen molar-refractivity contribution in [3.05, 3.63) is 17.5 Å². The largest absolute Gasteiger partial charge is 0.370 e. The van der Waals surface area contributed by atoms with Crippen LogP contribution in [0.25, 0.3) is 0 Å². The highest BCUT2D eigenvalue weighted by Gasteiger charge is 2.30. The van der Waals surface area contributed by atoms with E-state index in [4.69, 9.17) is 10.5 Å². The predicted octanol–water partition coefficient (Wildman–Crippen LogP) is 0.434. The molecule has 2 N–H and O–H groups in total. The Labute approximate surface area is 94.6 Å². The smallest absolute Gasteiger partial charge is 0.225 e. The van der Waals surface area contributed by atoms with E-state index >= 15 is 0 Å². The van der Waals surface area contributed by atoms with Gasteiger partial charge in [0.25, 0.3) is 0 Å². The van der Waals surface area contributed by atoms with Crippen molar-refractivity contribution in [1.82, 2.24) is 9.97 Å². The number of nitrogens with two attached hydrogens (primary N) is 1. The van der Waals surface area contributed by atoms with Crippen molar-refractivity contribution in [3.8, 4) is 0 Å². The van der Waals surface area contributed by atoms with Gasteiger partial charge in [-0.1, -0.05) is 0 Å². The number of hydrogen-bond acceptors (Lipinski definition) is 5. The van der Waals surface area contributed by atoms with E-state index in [1.54, 1.807) is 0 Å². The molecule has 1 aliphatic carbocycles. The lowest BCUT2D eigenvalue weighted by atomic mass is 10.3. The minimum absolute atomic E-state index is 0.601. The van der Waals surface area contributed by atoms with Gasteiger partial charge in [0.1, 0.15) is 0 Å². The Hall–Kier alpha value is -1.20. The van der Waals surface area contributed by atoms with Crippen molar-refractivity contribution in [2.45, 2.75) is 32.1 Å². The Kier molecular flexibility index (Phi) is 2.49. The SMILES string of the molecule is NCCN(c1ncc2c(n1)COC2)C1CC1. The number of hydrogen-bond donors (Lipinski definition) is 1. The molecule has 5 heteroatoms. The molecule has 0 unspecified atom stereocenters. The number of rotatable bonds is 4. The van der Waals surface area contributed by atoms with Crippen molar-refractivity contribution in [3.63, 3.8) is 0 Å². The van der Waals surface area contributed by atoms with Gasteiger partial charge in [-0.2, -0.15) is 0 Å². The highest BCUT2D eigenvalue weighted by molar-refractivity contribution is 5.37. The van der Waals surface area contributed by atoms with E-state index in [0.29, 0.717) is 25.8 Å². The van der Waals surface area contributed by atoms with Gasteiger partial charge in [-0.05, 0) is 12.8 Å². The molecule has 86 valence electrons. The van der Waals surface area contributed by atoms with E-state index in [2.05, 4.69) is 14.9 Å². The lowest BCUT2D eigenvalue weighted by Crippen LogP contribution is -2.33. The molecule has 1 aromatic heterocycles. The summed E-state index contributed by atoms with van der Waals surface area (Å²) in [5.41, 5.74) is 7.78. The third kappa shape index (κ3) is 1.76. The fourth-order valence-electron chi connectivity index (χ4n) is 2.04. The molecule has 0 radical (unpaired) electrons. The normalized spacial score (nSPS) is 18.6. The Morgan fingerprint density at radius 1 is 1.44 bits per heavy atom. The summed E-state index contributed by atoms with van der Waals surface area (Å²) >= 11 is 0. The van der Waals surface area contributed by atoms with Crippen molar-refractivity contribution < 1.29 is 4.74 Å². The highest BCUT2D eigenvalue weighted by Crippen LogP contribution is 2.30. The van der Waals surface area contributed by atoms with E-state index < -0.39 is 0 Å². The van der Waals surface area contributed by atoms with Gasteiger partial charge in [0.15, 0.2) is 0 Å². The van der Waals surface area contributed by atoms with Crippen LogP contribution in [0, 0.1) is 0 Å². The lowest BCUT2D eigenvalue weighted by molar-refractivity contribution is 0.133. The fraction of sp³-hybridized carbons (Fsp3) is 0.636. The molecule has 0 aromatic carbocycles. The van der Waals surface area contributed by atoms with E-state index in [1.807, 2.05) is 6.20 Å². The third-order valence-electron chi connectivity index (χ3n) is 3.05. The molecule has 1 saturated carbocycles. The first-order valence-corrected chi connectivity index (χ1v) is 5.77. The molecule has 0 atom stereocenters. The molecule has 1 aromatic rings. The summed E-state index contributed by atoms with van der Waals surface area (Å²) in [6.45, 7) is 2.75. The standard InChI is InChI=1S/C11H16N4O/c12-3-4-15(9-1-2-9)11-13-5-8-6-16-7-10(8)14-11/h5,9H,1-4,6-7,12H2. The van der Waals surface area contributed by atoms with Crippen LogP contribution in [0.5, 0.6) is 0 Å². The molecule has 2 heterocycles. The molecule has 16 heavy (non-hydrogen) atoms. The highest BCUT2D eigenvalue weighted by atomic mass is 16.5. The number of anilines is 1. The molecule has 0 bridgehead atoms. The summed E-state index contributed by atoms with van der Waals surface area (Å²) in [6, 6.07) is 0.601. The van der Waals surface area contributed by atoms with Gasteiger partial charge < -0.3 is 15.4 Å². The van der Waals surface area contributed by atoms with Gasteiger partial charge in [-0.15, -0.1) is 0 Å². The van der Waals surface area contributed by atoms with Crippen molar-refractivity contribution in [2.75, 3.05) is 18.0 Å². The van der Waals surface area contributed by atoms with Gasteiger partial charge in [0.05, 0.1) is 18.9 Å². The lowest BCUT2D eigenvalue weighted by Gasteiger charge is -2.21. The van der Waals surface area contributed by atoms with Crippen LogP contribution in [0.2, 0.25) is 0 Å². The van der Waals surface area contributed by atoms with Crippen molar-refractivity contribution >= 4 is 5.95 Å². The van der Waals surface area contributed by atoms with Crippen LogP contribution >= 0.6 is 0 Å². The summed E-state index contributed by atoms with van der Waals surface area (Å²) in [7, 11) is 0. The van der Waals surface area contributed by atoms with Gasteiger partial charge >= 0.3 is 0 Å². The fourth-order valence-corrected chi connectivity index (χ4v) is 2.04. The average Bonchev–Trinajstić information content (AvgIpc) is 3.03. The first-order valence-electron chi connectivity index (χ1n) is 5.77. The molecule has 0 amide bonds. The zero-order valence-corrected chi connectivity index (χ0v) is 9.22. The van der Waals surface area contributed by atoms with Crippen LogP contribution in [0.15, 0.2) is 6.20 Å². The summed E-state index contributed by atoms with van der Waals surface area (Å²) in [5, 5.41) is 0. The topological polar surface area (TPSA) is 64.3 Å². The van der Waals surface area contributed by atoms with E-state index in [0.717, 1.165) is 23.8 Å². The van der Waals surface area contributed by atoms with Gasteiger partial charge in [-0.25, -0.2) is 9.97 Å². The van der Waals surface area contributed by atoms with E-state index in [9.17, 15) is 0 Å². The van der Waals surface area contributed by atoms with Crippen LogP contribution in [0.1, 0.15) is 24.1 Å².